The number of anilines is 1. The minimum absolute atomic E-state index is 0.0297. The first-order chi connectivity index (χ1) is 10.9. The SMILES string of the molecule is O=C(Cc1noc2ccccc12)Nc1ccc(C(F)(F)F)cc1. The van der Waals surface area contributed by atoms with Gasteiger partial charge in [-0.15, -0.1) is 0 Å². The molecule has 0 aliphatic rings. The van der Waals surface area contributed by atoms with Crippen LogP contribution in [0.4, 0.5) is 18.9 Å². The van der Waals surface area contributed by atoms with Crippen LogP contribution in [-0.4, -0.2) is 11.1 Å². The fourth-order valence-electron chi connectivity index (χ4n) is 2.17. The van der Waals surface area contributed by atoms with Gasteiger partial charge in [0.15, 0.2) is 5.58 Å². The highest BCUT2D eigenvalue weighted by Crippen LogP contribution is 2.29. The maximum absolute atomic E-state index is 12.5. The van der Waals surface area contributed by atoms with Crippen molar-refractivity contribution in [3.63, 3.8) is 0 Å². The van der Waals surface area contributed by atoms with Gasteiger partial charge in [-0.05, 0) is 36.4 Å². The smallest absolute Gasteiger partial charge is 0.356 e. The summed E-state index contributed by atoms with van der Waals surface area (Å²) in [6.07, 6.45) is -4.43. The molecule has 0 radical (unpaired) electrons. The number of alkyl halides is 3. The highest BCUT2D eigenvalue weighted by molar-refractivity contribution is 5.94. The van der Waals surface area contributed by atoms with E-state index in [-0.39, 0.29) is 18.0 Å². The second kappa shape index (κ2) is 5.75. The zero-order valence-electron chi connectivity index (χ0n) is 11.7. The molecular formula is C16H11F3N2O2. The molecule has 0 spiro atoms. The molecule has 1 amide bonds. The van der Waals surface area contributed by atoms with Gasteiger partial charge in [0, 0.05) is 11.1 Å². The van der Waals surface area contributed by atoms with Crippen LogP contribution in [0.15, 0.2) is 53.1 Å². The maximum Gasteiger partial charge on any atom is 0.416 e. The Labute approximate surface area is 128 Å². The van der Waals surface area contributed by atoms with Gasteiger partial charge in [0.05, 0.1) is 12.0 Å². The lowest BCUT2D eigenvalue weighted by atomic mass is 10.1. The number of benzene rings is 2. The Morgan fingerprint density at radius 1 is 1.09 bits per heavy atom. The molecule has 1 N–H and O–H groups in total. The van der Waals surface area contributed by atoms with Crippen molar-refractivity contribution in [2.75, 3.05) is 5.32 Å². The average Bonchev–Trinajstić information content (AvgIpc) is 2.90. The average molecular weight is 320 g/mol. The molecule has 23 heavy (non-hydrogen) atoms. The first kappa shape index (κ1) is 15.1. The fourth-order valence-corrected chi connectivity index (χ4v) is 2.17. The topological polar surface area (TPSA) is 55.1 Å². The molecule has 0 saturated carbocycles. The van der Waals surface area contributed by atoms with Crippen molar-refractivity contribution in [2.24, 2.45) is 0 Å². The molecular weight excluding hydrogens is 309 g/mol. The van der Waals surface area contributed by atoms with Crippen LogP contribution in [0, 0.1) is 0 Å². The molecule has 1 heterocycles. The number of halogens is 3. The maximum atomic E-state index is 12.5. The molecule has 0 fully saturated rings. The number of fused-ring (bicyclic) bond motifs is 1. The Bertz CT molecular complexity index is 838. The standard InChI is InChI=1S/C16H11F3N2O2/c17-16(18,19)10-5-7-11(8-6-10)20-15(22)9-13-12-3-1-2-4-14(12)23-21-13/h1-8H,9H2,(H,20,22). The number of hydrogen-bond acceptors (Lipinski definition) is 3. The van der Waals surface area contributed by atoms with Gasteiger partial charge in [0.1, 0.15) is 5.69 Å². The Hall–Kier alpha value is -2.83. The van der Waals surface area contributed by atoms with Crippen molar-refractivity contribution in [1.82, 2.24) is 5.16 Å². The number of para-hydroxylation sites is 1. The predicted octanol–water partition coefficient (Wildman–Crippen LogP) is 4.03. The Balaban J connectivity index is 1.70. The number of hydrogen-bond donors (Lipinski definition) is 1. The highest BCUT2D eigenvalue weighted by Gasteiger charge is 2.30. The van der Waals surface area contributed by atoms with Gasteiger partial charge in [-0.2, -0.15) is 13.2 Å². The van der Waals surface area contributed by atoms with E-state index in [1.165, 1.54) is 12.1 Å². The van der Waals surface area contributed by atoms with E-state index in [0.717, 1.165) is 17.5 Å². The van der Waals surface area contributed by atoms with Gasteiger partial charge in [0.2, 0.25) is 5.91 Å². The first-order valence-corrected chi connectivity index (χ1v) is 6.74. The fraction of sp³-hybridized carbons (Fsp3) is 0.125. The molecule has 0 aliphatic carbocycles. The van der Waals surface area contributed by atoms with Gasteiger partial charge >= 0.3 is 6.18 Å². The minimum Gasteiger partial charge on any atom is -0.356 e. The van der Waals surface area contributed by atoms with Crippen molar-refractivity contribution < 1.29 is 22.5 Å². The van der Waals surface area contributed by atoms with Crippen molar-refractivity contribution >= 4 is 22.6 Å². The van der Waals surface area contributed by atoms with Crippen LogP contribution < -0.4 is 5.32 Å². The molecule has 0 aliphatic heterocycles. The normalized spacial score (nSPS) is 11.6. The van der Waals surface area contributed by atoms with Crippen LogP contribution in [0.5, 0.6) is 0 Å². The molecule has 118 valence electrons. The van der Waals surface area contributed by atoms with Crippen molar-refractivity contribution in [2.45, 2.75) is 12.6 Å². The predicted molar refractivity (Wildman–Crippen MR) is 77.8 cm³/mol. The van der Waals surface area contributed by atoms with Crippen LogP contribution in [-0.2, 0) is 17.4 Å². The number of nitrogens with zero attached hydrogens (tertiary/aromatic N) is 1. The van der Waals surface area contributed by atoms with Crippen molar-refractivity contribution in [1.29, 1.82) is 0 Å². The summed E-state index contributed by atoms with van der Waals surface area (Å²) in [7, 11) is 0. The zero-order chi connectivity index (χ0) is 16.4. The van der Waals surface area contributed by atoms with Crippen molar-refractivity contribution in [3.05, 3.63) is 59.8 Å². The van der Waals surface area contributed by atoms with E-state index in [0.29, 0.717) is 11.3 Å². The Morgan fingerprint density at radius 3 is 2.48 bits per heavy atom. The summed E-state index contributed by atoms with van der Waals surface area (Å²) >= 11 is 0. The number of aromatic nitrogens is 1. The van der Waals surface area contributed by atoms with E-state index in [1.54, 1.807) is 24.3 Å². The van der Waals surface area contributed by atoms with Crippen LogP contribution in [0.3, 0.4) is 0 Å². The summed E-state index contributed by atoms with van der Waals surface area (Å²) in [5.41, 5.74) is 0.573. The third-order valence-electron chi connectivity index (χ3n) is 3.28. The summed E-state index contributed by atoms with van der Waals surface area (Å²) in [6.45, 7) is 0. The zero-order valence-corrected chi connectivity index (χ0v) is 11.7. The molecule has 2 aromatic carbocycles. The number of carbonyl (C=O) groups is 1. The Morgan fingerprint density at radius 2 is 1.78 bits per heavy atom. The van der Waals surface area contributed by atoms with Gasteiger partial charge < -0.3 is 9.84 Å². The van der Waals surface area contributed by atoms with Gasteiger partial charge in [-0.3, -0.25) is 4.79 Å². The molecule has 0 bridgehead atoms. The third-order valence-corrected chi connectivity index (χ3v) is 3.28. The number of carbonyl (C=O) groups excluding carboxylic acids is 1. The van der Waals surface area contributed by atoms with E-state index in [1.807, 2.05) is 0 Å². The molecule has 1 aromatic heterocycles. The number of nitrogens with one attached hydrogen (secondary N) is 1. The molecule has 7 heteroatoms. The third kappa shape index (κ3) is 3.33. The lowest BCUT2D eigenvalue weighted by Gasteiger charge is -2.08. The molecule has 0 atom stereocenters. The van der Waals surface area contributed by atoms with Crippen LogP contribution >= 0.6 is 0 Å². The lowest BCUT2D eigenvalue weighted by molar-refractivity contribution is -0.137. The molecule has 3 aromatic rings. The van der Waals surface area contributed by atoms with Gasteiger partial charge in [0.25, 0.3) is 0 Å². The van der Waals surface area contributed by atoms with Gasteiger partial charge in [-0.25, -0.2) is 0 Å². The summed E-state index contributed by atoms with van der Waals surface area (Å²) in [4.78, 5) is 12.0. The Kier molecular flexibility index (Phi) is 3.77. The summed E-state index contributed by atoms with van der Waals surface area (Å²) < 4.78 is 42.5. The summed E-state index contributed by atoms with van der Waals surface area (Å²) in [5.74, 6) is -0.385. The van der Waals surface area contributed by atoms with E-state index in [4.69, 9.17) is 4.52 Å². The monoisotopic (exact) mass is 320 g/mol. The van der Waals surface area contributed by atoms with E-state index >= 15 is 0 Å². The highest BCUT2D eigenvalue weighted by atomic mass is 19.4. The molecule has 0 saturated heterocycles. The number of amides is 1. The van der Waals surface area contributed by atoms with Gasteiger partial charge in [-0.1, -0.05) is 17.3 Å². The quantitative estimate of drug-likeness (QED) is 0.793. The van der Waals surface area contributed by atoms with E-state index < -0.39 is 11.7 Å². The van der Waals surface area contributed by atoms with E-state index in [9.17, 15) is 18.0 Å². The summed E-state index contributed by atoms with van der Waals surface area (Å²) in [6, 6.07) is 11.4. The second-order valence-electron chi connectivity index (χ2n) is 4.93. The largest absolute Gasteiger partial charge is 0.416 e. The molecule has 4 nitrogen and oxygen atoms in total. The summed E-state index contributed by atoms with van der Waals surface area (Å²) in [5, 5.41) is 7.11. The van der Waals surface area contributed by atoms with E-state index in [2.05, 4.69) is 10.5 Å². The first-order valence-electron chi connectivity index (χ1n) is 6.74. The molecule has 0 unspecified atom stereocenters. The lowest BCUT2D eigenvalue weighted by Crippen LogP contribution is -2.15. The van der Waals surface area contributed by atoms with Crippen molar-refractivity contribution in [3.8, 4) is 0 Å². The minimum atomic E-state index is -4.40. The van der Waals surface area contributed by atoms with Crippen LogP contribution in [0.25, 0.3) is 11.0 Å². The second-order valence-corrected chi connectivity index (χ2v) is 4.93. The van der Waals surface area contributed by atoms with Crippen LogP contribution in [0.2, 0.25) is 0 Å². The van der Waals surface area contributed by atoms with Crippen LogP contribution in [0.1, 0.15) is 11.3 Å². The number of rotatable bonds is 3. The molecule has 3 rings (SSSR count).